The molecule has 94 valence electrons. The molecular weight excluding hydrogens is 222 g/mol. The van der Waals surface area contributed by atoms with Crippen LogP contribution >= 0.6 is 0 Å². The molecule has 0 amide bonds. The lowest BCUT2D eigenvalue weighted by Crippen LogP contribution is -2.36. The molecule has 6 nitrogen and oxygen atoms in total. The second-order valence-electron chi connectivity index (χ2n) is 3.76. The fourth-order valence-electron chi connectivity index (χ4n) is 1.18. The minimum Gasteiger partial charge on any atom is -0.463 e. The van der Waals surface area contributed by atoms with E-state index in [-0.39, 0.29) is 18.3 Å². The lowest BCUT2D eigenvalue weighted by molar-refractivity contribution is 0.0563. The molecule has 0 aliphatic heterocycles. The van der Waals surface area contributed by atoms with Crippen molar-refractivity contribution in [1.29, 1.82) is 0 Å². The van der Waals surface area contributed by atoms with Gasteiger partial charge in [0.25, 0.3) is 0 Å². The van der Waals surface area contributed by atoms with Gasteiger partial charge in [0.1, 0.15) is 12.3 Å². The van der Waals surface area contributed by atoms with Crippen molar-refractivity contribution in [3.05, 3.63) is 23.7 Å². The first kappa shape index (κ1) is 13.1. The maximum atomic E-state index is 11.1. The number of aliphatic imine (C=N–C) groups is 1. The van der Waals surface area contributed by atoms with Crippen LogP contribution in [0.3, 0.4) is 0 Å². The zero-order valence-electron chi connectivity index (χ0n) is 10.2. The quantitative estimate of drug-likeness (QED) is 0.462. The number of ether oxygens (including phenoxy) is 1. The predicted molar refractivity (Wildman–Crippen MR) is 63.6 cm³/mol. The number of hydrogen-bond acceptors (Lipinski definition) is 4. The van der Waals surface area contributed by atoms with Gasteiger partial charge in [-0.3, -0.25) is 0 Å². The van der Waals surface area contributed by atoms with Crippen molar-refractivity contribution in [2.45, 2.75) is 26.4 Å². The van der Waals surface area contributed by atoms with Crippen LogP contribution in [-0.4, -0.2) is 25.1 Å². The van der Waals surface area contributed by atoms with E-state index in [4.69, 9.17) is 10.2 Å². The number of hydrogen-bond donors (Lipinski definition) is 2. The Morgan fingerprint density at radius 3 is 2.88 bits per heavy atom. The van der Waals surface area contributed by atoms with Crippen LogP contribution in [0.2, 0.25) is 0 Å². The summed E-state index contributed by atoms with van der Waals surface area (Å²) in [6, 6.07) is 3.43. The predicted octanol–water partition coefficient (Wildman–Crippen LogP) is 0.879. The van der Waals surface area contributed by atoms with Gasteiger partial charge in [-0.2, -0.15) is 0 Å². The third-order valence-corrected chi connectivity index (χ3v) is 1.89. The van der Waals surface area contributed by atoms with E-state index in [1.807, 2.05) is 13.8 Å². The zero-order valence-corrected chi connectivity index (χ0v) is 10.2. The summed E-state index contributed by atoms with van der Waals surface area (Å²) in [7, 11) is 1.30. The maximum absolute atomic E-state index is 11.1. The third-order valence-electron chi connectivity index (χ3n) is 1.89. The number of furan rings is 1. The third kappa shape index (κ3) is 4.18. The summed E-state index contributed by atoms with van der Waals surface area (Å²) in [5, 5.41) is 2.95. The molecule has 17 heavy (non-hydrogen) atoms. The Morgan fingerprint density at radius 1 is 1.59 bits per heavy atom. The fourth-order valence-corrected chi connectivity index (χ4v) is 1.18. The van der Waals surface area contributed by atoms with E-state index in [1.54, 1.807) is 12.1 Å². The van der Waals surface area contributed by atoms with Crippen LogP contribution in [0.4, 0.5) is 0 Å². The van der Waals surface area contributed by atoms with Crippen molar-refractivity contribution >= 4 is 11.9 Å². The van der Waals surface area contributed by atoms with Gasteiger partial charge in [0, 0.05) is 6.04 Å². The lowest BCUT2D eigenvalue weighted by Gasteiger charge is -2.07. The van der Waals surface area contributed by atoms with Crippen molar-refractivity contribution < 1.29 is 13.9 Å². The number of carbonyl (C=O) groups excluding carboxylic acids is 1. The Kier molecular flexibility index (Phi) is 4.56. The number of methoxy groups -OCH3 is 1. The largest absolute Gasteiger partial charge is 0.463 e. The van der Waals surface area contributed by atoms with Gasteiger partial charge < -0.3 is 20.2 Å². The normalized spacial score (nSPS) is 11.6. The van der Waals surface area contributed by atoms with Crippen LogP contribution in [0.1, 0.15) is 30.2 Å². The molecule has 0 saturated carbocycles. The van der Waals surface area contributed by atoms with Crippen LogP contribution in [0.5, 0.6) is 0 Å². The van der Waals surface area contributed by atoms with Gasteiger partial charge in [0.15, 0.2) is 5.96 Å². The fraction of sp³-hybridized carbons (Fsp3) is 0.455. The lowest BCUT2D eigenvalue weighted by atomic mass is 10.4. The minimum atomic E-state index is -0.506. The van der Waals surface area contributed by atoms with E-state index in [2.05, 4.69) is 15.0 Å². The number of rotatable bonds is 4. The Labute approximate surface area is 99.8 Å². The van der Waals surface area contributed by atoms with Crippen LogP contribution < -0.4 is 11.1 Å². The van der Waals surface area contributed by atoms with Crippen molar-refractivity contribution in [3.63, 3.8) is 0 Å². The van der Waals surface area contributed by atoms with Gasteiger partial charge in [-0.05, 0) is 26.0 Å². The van der Waals surface area contributed by atoms with Gasteiger partial charge in [0.05, 0.1) is 7.11 Å². The standard InChI is InChI=1S/C11H17N3O3/c1-7(2)14-11(12)13-6-8-4-5-9(17-8)10(15)16-3/h4-5,7H,6H2,1-3H3,(H3,12,13,14). The van der Waals surface area contributed by atoms with E-state index in [0.29, 0.717) is 11.7 Å². The Morgan fingerprint density at radius 2 is 2.29 bits per heavy atom. The number of esters is 1. The Balaban J connectivity index is 2.58. The molecule has 0 aliphatic carbocycles. The molecule has 1 aromatic heterocycles. The summed E-state index contributed by atoms with van der Waals surface area (Å²) in [5.41, 5.74) is 5.62. The van der Waals surface area contributed by atoms with Crippen LogP contribution in [0, 0.1) is 0 Å². The van der Waals surface area contributed by atoms with Crippen molar-refractivity contribution in [1.82, 2.24) is 5.32 Å². The topological polar surface area (TPSA) is 89.8 Å². The zero-order chi connectivity index (χ0) is 12.8. The molecular formula is C11H17N3O3. The Bertz CT molecular complexity index is 410. The van der Waals surface area contributed by atoms with Crippen LogP contribution in [0.15, 0.2) is 21.5 Å². The first-order valence-electron chi connectivity index (χ1n) is 5.26. The summed E-state index contributed by atoms with van der Waals surface area (Å²) in [4.78, 5) is 15.2. The monoisotopic (exact) mass is 239 g/mol. The molecule has 1 heterocycles. The van der Waals surface area contributed by atoms with Crippen molar-refractivity contribution in [2.75, 3.05) is 7.11 Å². The number of carbonyl (C=O) groups is 1. The van der Waals surface area contributed by atoms with Crippen LogP contribution in [0.25, 0.3) is 0 Å². The van der Waals surface area contributed by atoms with Crippen molar-refractivity contribution in [3.8, 4) is 0 Å². The van der Waals surface area contributed by atoms with Crippen LogP contribution in [-0.2, 0) is 11.3 Å². The minimum absolute atomic E-state index is 0.160. The molecule has 0 atom stereocenters. The van der Waals surface area contributed by atoms with E-state index >= 15 is 0 Å². The average Bonchev–Trinajstić information content (AvgIpc) is 2.73. The van der Waals surface area contributed by atoms with Gasteiger partial charge >= 0.3 is 5.97 Å². The number of nitrogens with zero attached hydrogens (tertiary/aromatic N) is 1. The summed E-state index contributed by atoms with van der Waals surface area (Å²) in [6.45, 7) is 4.21. The Hall–Kier alpha value is -1.98. The maximum Gasteiger partial charge on any atom is 0.373 e. The van der Waals surface area contributed by atoms with Gasteiger partial charge in [-0.15, -0.1) is 0 Å². The molecule has 1 aromatic rings. The molecule has 0 saturated heterocycles. The van der Waals surface area contributed by atoms with Crippen molar-refractivity contribution in [2.24, 2.45) is 10.7 Å². The smallest absolute Gasteiger partial charge is 0.373 e. The summed E-state index contributed by atoms with van der Waals surface area (Å²) in [6.07, 6.45) is 0. The number of guanidine groups is 1. The highest BCUT2D eigenvalue weighted by atomic mass is 16.5. The van der Waals surface area contributed by atoms with Gasteiger partial charge in [0.2, 0.25) is 5.76 Å². The SMILES string of the molecule is COC(=O)c1ccc(CN=C(N)NC(C)C)o1. The van der Waals surface area contributed by atoms with E-state index in [1.165, 1.54) is 7.11 Å². The second-order valence-corrected chi connectivity index (χ2v) is 3.76. The summed E-state index contributed by atoms with van der Waals surface area (Å²) >= 11 is 0. The molecule has 0 spiro atoms. The van der Waals surface area contributed by atoms with E-state index in [9.17, 15) is 4.79 Å². The highest BCUT2D eigenvalue weighted by Gasteiger charge is 2.10. The molecule has 1 rings (SSSR count). The number of nitrogens with two attached hydrogens (primary N) is 1. The van der Waals surface area contributed by atoms with Gasteiger partial charge in [-0.1, -0.05) is 0 Å². The van der Waals surface area contributed by atoms with E-state index < -0.39 is 5.97 Å². The summed E-state index contributed by atoms with van der Waals surface area (Å²) < 4.78 is 9.75. The van der Waals surface area contributed by atoms with E-state index in [0.717, 1.165) is 0 Å². The average molecular weight is 239 g/mol. The first-order valence-corrected chi connectivity index (χ1v) is 5.26. The first-order chi connectivity index (χ1) is 8.02. The molecule has 0 aliphatic rings. The van der Waals surface area contributed by atoms with Gasteiger partial charge in [-0.25, -0.2) is 9.79 Å². The molecule has 0 fully saturated rings. The molecule has 3 N–H and O–H groups in total. The molecule has 0 aromatic carbocycles. The molecule has 0 unspecified atom stereocenters. The molecule has 0 radical (unpaired) electrons. The highest BCUT2D eigenvalue weighted by molar-refractivity contribution is 5.86. The highest BCUT2D eigenvalue weighted by Crippen LogP contribution is 2.09. The summed E-state index contributed by atoms with van der Waals surface area (Å²) in [5.74, 6) is 0.552. The number of nitrogens with one attached hydrogen (secondary N) is 1. The molecule has 6 heteroatoms. The molecule has 0 bridgehead atoms. The second kappa shape index (κ2) is 5.93.